The standard InChI is InChI=1S/C28H35ClF3N5O/c1-4-19(2)20-8-10-21(11-9-20)26(33)37(15-13-28(30,31)32)27(38)34-14-12-22-17-36(3)18-25(22)35-24-7-5-6-23(29)16-24/h5-11,16,19,33,35H,4,12-15,17-18H2,1-3H3,(H,34,38). The zero-order valence-electron chi connectivity index (χ0n) is 22.0. The highest BCUT2D eigenvalue weighted by Crippen LogP contribution is 2.24. The Hall–Kier alpha value is -3.04. The highest BCUT2D eigenvalue weighted by molar-refractivity contribution is 6.30. The Labute approximate surface area is 227 Å². The maximum absolute atomic E-state index is 13.0. The van der Waals surface area contributed by atoms with E-state index >= 15 is 0 Å². The number of benzene rings is 2. The maximum Gasteiger partial charge on any atom is 0.390 e. The number of likely N-dealkylation sites (N-methyl/N-ethyl adjacent to an activating group) is 1. The van der Waals surface area contributed by atoms with Crippen molar-refractivity contribution in [2.75, 3.05) is 38.5 Å². The van der Waals surface area contributed by atoms with Gasteiger partial charge in [0.25, 0.3) is 0 Å². The summed E-state index contributed by atoms with van der Waals surface area (Å²) in [5, 5.41) is 15.2. The van der Waals surface area contributed by atoms with Crippen molar-refractivity contribution in [3.63, 3.8) is 0 Å². The highest BCUT2D eigenvalue weighted by Gasteiger charge is 2.31. The van der Waals surface area contributed by atoms with Crippen molar-refractivity contribution in [3.05, 3.63) is 76.0 Å². The fourth-order valence-corrected chi connectivity index (χ4v) is 4.48. The Kier molecular flexibility index (Phi) is 10.2. The molecule has 0 radical (unpaired) electrons. The van der Waals surface area contributed by atoms with E-state index in [1.807, 2.05) is 37.4 Å². The molecule has 2 amide bonds. The lowest BCUT2D eigenvalue weighted by Gasteiger charge is -2.25. The van der Waals surface area contributed by atoms with Gasteiger partial charge in [0.1, 0.15) is 5.84 Å². The first-order valence-corrected chi connectivity index (χ1v) is 13.1. The van der Waals surface area contributed by atoms with Crippen LogP contribution in [0.4, 0.5) is 23.7 Å². The third-order valence-electron chi connectivity index (χ3n) is 6.64. The topological polar surface area (TPSA) is 71.5 Å². The minimum Gasteiger partial charge on any atom is -0.358 e. The molecule has 206 valence electrons. The van der Waals surface area contributed by atoms with E-state index in [0.29, 0.717) is 36.0 Å². The van der Waals surface area contributed by atoms with Gasteiger partial charge < -0.3 is 10.6 Å². The highest BCUT2D eigenvalue weighted by atomic mass is 35.5. The monoisotopic (exact) mass is 549 g/mol. The van der Waals surface area contributed by atoms with Crippen LogP contribution in [-0.2, 0) is 0 Å². The fraction of sp³-hybridized carbons (Fsp3) is 0.429. The molecule has 6 nitrogen and oxygen atoms in total. The van der Waals surface area contributed by atoms with Crippen molar-refractivity contribution in [1.29, 1.82) is 5.41 Å². The summed E-state index contributed by atoms with van der Waals surface area (Å²) in [6.07, 6.45) is -4.18. The largest absolute Gasteiger partial charge is 0.390 e. The molecule has 1 unspecified atom stereocenters. The van der Waals surface area contributed by atoms with E-state index in [1.54, 1.807) is 18.2 Å². The number of alkyl halides is 3. The molecule has 1 heterocycles. The predicted octanol–water partition coefficient (Wildman–Crippen LogP) is 6.84. The number of amides is 2. The van der Waals surface area contributed by atoms with Gasteiger partial charge in [0.15, 0.2) is 0 Å². The number of hydrogen-bond donors (Lipinski definition) is 3. The van der Waals surface area contributed by atoms with Gasteiger partial charge in [-0.2, -0.15) is 13.2 Å². The lowest BCUT2D eigenvalue weighted by Crippen LogP contribution is -2.45. The number of carbonyl (C=O) groups excluding carboxylic acids is 1. The van der Waals surface area contributed by atoms with Crippen molar-refractivity contribution in [2.24, 2.45) is 0 Å². The SMILES string of the molecule is CCC(C)c1ccc(C(=N)N(CCC(F)(F)F)C(=O)NCCC2=C(Nc3cccc(Cl)c3)CN(C)C2)cc1. The van der Waals surface area contributed by atoms with Gasteiger partial charge >= 0.3 is 12.2 Å². The minimum atomic E-state index is -4.45. The molecule has 0 fully saturated rings. The van der Waals surface area contributed by atoms with Gasteiger partial charge in [-0.3, -0.25) is 15.2 Å². The Morgan fingerprint density at radius 3 is 2.53 bits per heavy atom. The molecule has 1 aliphatic rings. The van der Waals surface area contributed by atoms with Crippen LogP contribution in [0.1, 0.15) is 50.2 Å². The zero-order chi connectivity index (χ0) is 27.9. The van der Waals surface area contributed by atoms with Crippen LogP contribution >= 0.6 is 11.6 Å². The lowest BCUT2D eigenvalue weighted by molar-refractivity contribution is -0.135. The van der Waals surface area contributed by atoms with E-state index in [9.17, 15) is 18.0 Å². The van der Waals surface area contributed by atoms with E-state index in [2.05, 4.69) is 29.4 Å². The molecule has 0 saturated heterocycles. The quantitative estimate of drug-likeness (QED) is 0.224. The van der Waals surface area contributed by atoms with Gasteiger partial charge in [-0.15, -0.1) is 0 Å². The molecule has 1 aliphatic heterocycles. The van der Waals surface area contributed by atoms with Crippen molar-refractivity contribution in [3.8, 4) is 0 Å². The number of halogens is 4. The Balaban J connectivity index is 1.68. The summed E-state index contributed by atoms with van der Waals surface area (Å²) in [6, 6.07) is 13.7. The molecule has 2 aromatic rings. The molecule has 0 spiro atoms. The Bertz CT molecular complexity index is 1150. The van der Waals surface area contributed by atoms with Crippen LogP contribution in [0.25, 0.3) is 0 Å². The number of nitrogens with one attached hydrogen (secondary N) is 3. The van der Waals surface area contributed by atoms with Gasteiger partial charge in [0.2, 0.25) is 0 Å². The van der Waals surface area contributed by atoms with Gasteiger partial charge in [0, 0.05) is 48.1 Å². The van der Waals surface area contributed by atoms with Gasteiger partial charge in [-0.05, 0) is 55.1 Å². The summed E-state index contributed by atoms with van der Waals surface area (Å²) < 4.78 is 39.0. The first kappa shape index (κ1) is 29.5. The van der Waals surface area contributed by atoms with Crippen LogP contribution in [0.3, 0.4) is 0 Å². The van der Waals surface area contributed by atoms with Crippen LogP contribution < -0.4 is 10.6 Å². The average Bonchev–Trinajstić information content (AvgIpc) is 3.21. The molecule has 3 rings (SSSR count). The van der Waals surface area contributed by atoms with E-state index in [4.69, 9.17) is 17.0 Å². The van der Waals surface area contributed by atoms with E-state index in [1.165, 1.54) is 0 Å². The zero-order valence-corrected chi connectivity index (χ0v) is 22.7. The third kappa shape index (κ3) is 8.49. The molecular formula is C28H35ClF3N5O. The first-order valence-electron chi connectivity index (χ1n) is 12.7. The van der Waals surface area contributed by atoms with Gasteiger partial charge in [0.05, 0.1) is 6.42 Å². The second kappa shape index (κ2) is 13.2. The summed E-state index contributed by atoms with van der Waals surface area (Å²) in [4.78, 5) is 16.0. The van der Waals surface area contributed by atoms with Gasteiger partial charge in [-0.1, -0.05) is 55.8 Å². The first-order chi connectivity index (χ1) is 18.0. The predicted molar refractivity (Wildman–Crippen MR) is 147 cm³/mol. The minimum absolute atomic E-state index is 0.228. The van der Waals surface area contributed by atoms with Crippen LogP contribution in [0.15, 0.2) is 59.8 Å². The summed E-state index contributed by atoms with van der Waals surface area (Å²) >= 11 is 6.09. The second-order valence-corrected chi connectivity index (χ2v) is 10.1. The Morgan fingerprint density at radius 2 is 1.89 bits per heavy atom. The molecule has 3 N–H and O–H groups in total. The van der Waals surface area contributed by atoms with Crippen LogP contribution in [0.2, 0.25) is 5.02 Å². The second-order valence-electron chi connectivity index (χ2n) is 9.67. The average molecular weight is 550 g/mol. The lowest BCUT2D eigenvalue weighted by atomic mass is 9.97. The summed E-state index contributed by atoms with van der Waals surface area (Å²) in [7, 11) is 1.98. The smallest absolute Gasteiger partial charge is 0.358 e. The molecule has 0 bridgehead atoms. The number of rotatable bonds is 10. The van der Waals surface area contributed by atoms with E-state index in [-0.39, 0.29) is 12.4 Å². The molecule has 0 saturated carbocycles. The summed E-state index contributed by atoms with van der Waals surface area (Å²) in [5.41, 5.74) is 4.42. The molecular weight excluding hydrogens is 515 g/mol. The van der Waals surface area contributed by atoms with Crippen LogP contribution in [0.5, 0.6) is 0 Å². The van der Waals surface area contributed by atoms with Crippen molar-refractivity contribution in [1.82, 2.24) is 15.1 Å². The number of carbonyl (C=O) groups is 1. The molecule has 2 aromatic carbocycles. The van der Waals surface area contributed by atoms with Gasteiger partial charge in [-0.25, -0.2) is 4.79 Å². The normalized spacial score (nSPS) is 14.9. The summed E-state index contributed by atoms with van der Waals surface area (Å²) in [5.74, 6) is 0.0654. The van der Waals surface area contributed by atoms with E-state index in [0.717, 1.165) is 33.8 Å². The maximum atomic E-state index is 13.0. The number of amidine groups is 1. The van der Waals surface area contributed by atoms with Crippen molar-refractivity contribution >= 4 is 29.2 Å². The molecule has 38 heavy (non-hydrogen) atoms. The van der Waals surface area contributed by atoms with E-state index < -0.39 is 25.2 Å². The van der Waals surface area contributed by atoms with Crippen molar-refractivity contribution < 1.29 is 18.0 Å². The van der Waals surface area contributed by atoms with Crippen LogP contribution in [-0.4, -0.2) is 61.1 Å². The molecule has 0 aliphatic carbocycles. The number of nitrogens with zero attached hydrogens (tertiary/aromatic N) is 2. The molecule has 10 heteroatoms. The third-order valence-corrected chi connectivity index (χ3v) is 6.87. The number of anilines is 1. The summed E-state index contributed by atoms with van der Waals surface area (Å²) in [6.45, 7) is 5.15. The molecule has 1 atom stereocenters. The Morgan fingerprint density at radius 1 is 1.18 bits per heavy atom. The van der Waals surface area contributed by atoms with Crippen LogP contribution in [0, 0.1) is 5.41 Å². The number of hydrogen-bond acceptors (Lipinski definition) is 4. The number of urea groups is 1. The van der Waals surface area contributed by atoms with Crippen molar-refractivity contribution in [2.45, 2.75) is 45.2 Å². The fourth-order valence-electron chi connectivity index (χ4n) is 4.29. The molecule has 0 aromatic heterocycles.